The third kappa shape index (κ3) is 4.74. The molecule has 0 bridgehead atoms. The highest BCUT2D eigenvalue weighted by Crippen LogP contribution is 2.21. The predicted molar refractivity (Wildman–Crippen MR) is 85.0 cm³/mol. The molecule has 0 amide bonds. The number of benzene rings is 1. The molecule has 0 unspecified atom stereocenters. The number of hydrogen-bond donors (Lipinski definition) is 1. The molecule has 0 aliphatic heterocycles. The smallest absolute Gasteiger partial charge is 0.307 e. The largest absolute Gasteiger partial charge is 0.481 e. The molecule has 0 aliphatic rings. The summed E-state index contributed by atoms with van der Waals surface area (Å²) in [6, 6.07) is 9.91. The van der Waals surface area contributed by atoms with Crippen molar-refractivity contribution in [3.8, 4) is 0 Å². The Morgan fingerprint density at radius 3 is 2.35 bits per heavy atom. The molecule has 5 heteroatoms. The Balaban J connectivity index is 1.90. The molecule has 0 fully saturated rings. The van der Waals surface area contributed by atoms with Crippen LogP contribution in [0.15, 0.2) is 39.5 Å². The van der Waals surface area contributed by atoms with Gasteiger partial charge in [0.2, 0.25) is 0 Å². The molecule has 0 radical (unpaired) electrons. The van der Waals surface area contributed by atoms with E-state index in [1.807, 2.05) is 24.3 Å². The molecule has 0 saturated carbocycles. The Kier molecular flexibility index (Phi) is 5.34. The summed E-state index contributed by atoms with van der Waals surface area (Å²) in [4.78, 5) is 12.9. The van der Waals surface area contributed by atoms with Crippen LogP contribution in [0.25, 0.3) is 0 Å². The van der Waals surface area contributed by atoms with Crippen LogP contribution in [0, 0.1) is 0 Å². The zero-order chi connectivity index (χ0) is 14.5. The zero-order valence-corrected chi connectivity index (χ0v) is 13.6. The van der Waals surface area contributed by atoms with Crippen LogP contribution in [-0.4, -0.2) is 23.0 Å². The molecular weight excluding hydrogens is 338 g/mol. The normalized spacial score (nSPS) is 10.9. The van der Waals surface area contributed by atoms with Gasteiger partial charge in [0.1, 0.15) is 0 Å². The summed E-state index contributed by atoms with van der Waals surface area (Å²) in [5, 5.41) is 10.9. The van der Waals surface area contributed by atoms with Crippen molar-refractivity contribution in [2.75, 3.05) is 7.05 Å². The number of thiophene rings is 1. The third-order valence-corrected chi connectivity index (χ3v) is 4.46. The van der Waals surface area contributed by atoms with Crippen LogP contribution in [-0.2, 0) is 24.3 Å². The van der Waals surface area contributed by atoms with Crippen LogP contribution in [0.4, 0.5) is 0 Å². The molecule has 1 N–H and O–H groups in total. The van der Waals surface area contributed by atoms with Crippen LogP contribution < -0.4 is 0 Å². The summed E-state index contributed by atoms with van der Waals surface area (Å²) in [7, 11) is 2.08. The first-order valence-electron chi connectivity index (χ1n) is 6.24. The molecule has 106 valence electrons. The minimum Gasteiger partial charge on any atom is -0.481 e. The number of carbonyl (C=O) groups is 1. The maximum Gasteiger partial charge on any atom is 0.307 e. The molecule has 0 aliphatic carbocycles. The fraction of sp³-hybridized carbons (Fsp3) is 0.267. The van der Waals surface area contributed by atoms with Gasteiger partial charge in [0, 0.05) is 13.1 Å². The van der Waals surface area contributed by atoms with Crippen LogP contribution in [0.3, 0.4) is 0 Å². The van der Waals surface area contributed by atoms with Gasteiger partial charge < -0.3 is 5.11 Å². The van der Waals surface area contributed by atoms with E-state index in [2.05, 4.69) is 39.3 Å². The summed E-state index contributed by atoms with van der Waals surface area (Å²) < 4.78 is 1.15. The van der Waals surface area contributed by atoms with Gasteiger partial charge >= 0.3 is 5.97 Å². The van der Waals surface area contributed by atoms with Crippen LogP contribution >= 0.6 is 27.3 Å². The second kappa shape index (κ2) is 7.02. The van der Waals surface area contributed by atoms with Crippen molar-refractivity contribution in [3.63, 3.8) is 0 Å². The standard InChI is InChI=1S/C15H16BrNO2S/c1-17(9-13-6-14(16)20-10-13)8-12-4-2-11(3-5-12)7-15(18)19/h2-6,10H,7-9H2,1H3,(H,18,19). The lowest BCUT2D eigenvalue weighted by Crippen LogP contribution is -2.16. The van der Waals surface area contributed by atoms with Crippen molar-refractivity contribution < 1.29 is 9.90 Å². The van der Waals surface area contributed by atoms with Crippen molar-refractivity contribution in [1.29, 1.82) is 0 Å². The first kappa shape index (κ1) is 15.2. The number of halogens is 1. The highest BCUT2D eigenvalue weighted by Gasteiger charge is 2.05. The van der Waals surface area contributed by atoms with Crippen molar-refractivity contribution >= 4 is 33.2 Å². The summed E-state index contributed by atoms with van der Waals surface area (Å²) in [5.74, 6) is -0.794. The number of carboxylic acid groups (broad SMARTS) is 1. The number of rotatable bonds is 6. The van der Waals surface area contributed by atoms with E-state index in [0.29, 0.717) is 0 Å². The molecule has 0 atom stereocenters. The zero-order valence-electron chi connectivity index (χ0n) is 11.2. The number of nitrogens with zero attached hydrogens (tertiary/aromatic N) is 1. The van der Waals surface area contributed by atoms with Gasteiger partial charge in [-0.25, -0.2) is 0 Å². The van der Waals surface area contributed by atoms with Gasteiger partial charge in [-0.2, -0.15) is 0 Å². The Labute approximate surface area is 131 Å². The highest BCUT2D eigenvalue weighted by molar-refractivity contribution is 9.11. The minimum atomic E-state index is -0.794. The summed E-state index contributed by atoms with van der Waals surface area (Å²) in [5.41, 5.74) is 3.33. The van der Waals surface area contributed by atoms with Crippen molar-refractivity contribution in [1.82, 2.24) is 4.90 Å². The van der Waals surface area contributed by atoms with Crippen LogP contribution in [0.5, 0.6) is 0 Å². The Hall–Kier alpha value is -1.17. The molecule has 3 nitrogen and oxygen atoms in total. The van der Waals surface area contributed by atoms with Gasteiger partial charge in [0.05, 0.1) is 10.2 Å². The van der Waals surface area contributed by atoms with E-state index in [4.69, 9.17) is 5.11 Å². The van der Waals surface area contributed by atoms with E-state index in [-0.39, 0.29) is 6.42 Å². The SMILES string of the molecule is CN(Cc1ccc(CC(=O)O)cc1)Cc1csc(Br)c1. The topological polar surface area (TPSA) is 40.5 Å². The maximum atomic E-state index is 10.6. The Morgan fingerprint density at radius 1 is 1.20 bits per heavy atom. The van der Waals surface area contributed by atoms with Gasteiger partial charge in [-0.05, 0) is 51.1 Å². The third-order valence-electron chi connectivity index (χ3n) is 2.91. The average Bonchev–Trinajstić information content (AvgIpc) is 2.76. The molecule has 0 saturated heterocycles. The van der Waals surface area contributed by atoms with Gasteiger partial charge in [0.25, 0.3) is 0 Å². The fourth-order valence-electron chi connectivity index (χ4n) is 2.05. The van der Waals surface area contributed by atoms with E-state index in [1.54, 1.807) is 11.3 Å². The number of carboxylic acids is 1. The Bertz CT molecular complexity index is 580. The van der Waals surface area contributed by atoms with E-state index >= 15 is 0 Å². The van der Waals surface area contributed by atoms with Gasteiger partial charge in [-0.1, -0.05) is 24.3 Å². The highest BCUT2D eigenvalue weighted by atomic mass is 79.9. The van der Waals surface area contributed by atoms with Crippen LogP contribution in [0.1, 0.15) is 16.7 Å². The summed E-state index contributed by atoms with van der Waals surface area (Å²) in [6.45, 7) is 1.75. The predicted octanol–water partition coefficient (Wildman–Crippen LogP) is 3.77. The van der Waals surface area contributed by atoms with E-state index in [9.17, 15) is 4.79 Å². The lowest BCUT2D eigenvalue weighted by molar-refractivity contribution is -0.136. The molecule has 20 heavy (non-hydrogen) atoms. The second-order valence-corrected chi connectivity index (χ2v) is 7.11. The monoisotopic (exact) mass is 353 g/mol. The van der Waals surface area contributed by atoms with Gasteiger partial charge in [0.15, 0.2) is 0 Å². The lowest BCUT2D eigenvalue weighted by atomic mass is 10.1. The first-order valence-corrected chi connectivity index (χ1v) is 7.91. The van der Waals surface area contributed by atoms with Crippen LogP contribution in [0.2, 0.25) is 0 Å². The molecule has 2 rings (SSSR count). The number of aliphatic carboxylic acids is 1. The van der Waals surface area contributed by atoms with Gasteiger partial charge in [-0.15, -0.1) is 11.3 Å². The van der Waals surface area contributed by atoms with Crippen molar-refractivity contribution in [2.24, 2.45) is 0 Å². The summed E-state index contributed by atoms with van der Waals surface area (Å²) in [6.07, 6.45) is 0.0824. The Morgan fingerprint density at radius 2 is 1.80 bits per heavy atom. The fourth-order valence-corrected chi connectivity index (χ4v) is 3.25. The quantitative estimate of drug-likeness (QED) is 0.859. The number of hydrogen-bond acceptors (Lipinski definition) is 3. The van der Waals surface area contributed by atoms with E-state index < -0.39 is 5.97 Å². The molecule has 1 aromatic carbocycles. The second-order valence-electron chi connectivity index (χ2n) is 4.82. The molecule has 2 aromatic rings. The molecule has 1 heterocycles. The van der Waals surface area contributed by atoms with E-state index in [1.165, 1.54) is 11.1 Å². The lowest BCUT2D eigenvalue weighted by Gasteiger charge is -2.16. The van der Waals surface area contributed by atoms with Crippen molar-refractivity contribution in [2.45, 2.75) is 19.5 Å². The molecule has 0 spiro atoms. The average molecular weight is 354 g/mol. The molecular formula is C15H16BrNO2S. The maximum absolute atomic E-state index is 10.6. The van der Waals surface area contributed by atoms with E-state index in [0.717, 1.165) is 22.4 Å². The minimum absolute atomic E-state index is 0.0824. The first-order chi connectivity index (χ1) is 9.52. The molecule has 1 aromatic heterocycles. The van der Waals surface area contributed by atoms with Gasteiger partial charge in [-0.3, -0.25) is 9.69 Å². The summed E-state index contributed by atoms with van der Waals surface area (Å²) >= 11 is 5.16. The van der Waals surface area contributed by atoms with Crippen molar-refractivity contribution in [3.05, 3.63) is 56.2 Å².